The summed E-state index contributed by atoms with van der Waals surface area (Å²) in [6, 6.07) is 33.1. The molecule has 0 aliphatic rings. The molecule has 0 N–H and O–H groups in total. The van der Waals surface area contributed by atoms with Gasteiger partial charge in [-0.2, -0.15) is 5.10 Å². The number of halogens is 1. The van der Waals surface area contributed by atoms with E-state index < -0.39 is 5.54 Å². The van der Waals surface area contributed by atoms with Crippen LogP contribution >= 0.6 is 11.6 Å². The van der Waals surface area contributed by atoms with Crippen LogP contribution in [-0.2, 0) is 5.54 Å². The van der Waals surface area contributed by atoms with Crippen molar-refractivity contribution in [2.24, 2.45) is 0 Å². The molecule has 0 fully saturated rings. The average Bonchev–Trinajstić information content (AvgIpc) is 3.18. The minimum absolute atomic E-state index is 0.357. The summed E-state index contributed by atoms with van der Waals surface area (Å²) < 4.78 is 7.75. The van der Waals surface area contributed by atoms with Gasteiger partial charge in [-0.1, -0.05) is 103 Å². The van der Waals surface area contributed by atoms with E-state index in [2.05, 4.69) is 41.4 Å². The van der Waals surface area contributed by atoms with E-state index in [0.717, 1.165) is 22.2 Å². The molecule has 5 aromatic rings. The maximum absolute atomic E-state index is 6.64. The third-order valence-electron chi connectivity index (χ3n) is 5.66. The van der Waals surface area contributed by atoms with Crippen molar-refractivity contribution in [3.05, 3.63) is 125 Å². The van der Waals surface area contributed by atoms with Gasteiger partial charge >= 0.3 is 0 Å². The van der Waals surface area contributed by atoms with Crippen molar-refractivity contribution in [3.8, 4) is 5.75 Å². The molecule has 3 aromatic carbocycles. The van der Waals surface area contributed by atoms with Gasteiger partial charge in [0.2, 0.25) is 0 Å². The Kier molecular flexibility index (Phi) is 5.38. The van der Waals surface area contributed by atoms with Gasteiger partial charge in [-0.05, 0) is 23.6 Å². The first kappa shape index (κ1) is 20.3. The largest absolute Gasteiger partial charge is 0.492 e. The van der Waals surface area contributed by atoms with Crippen molar-refractivity contribution in [2.45, 2.75) is 12.5 Å². The lowest BCUT2D eigenvalue weighted by molar-refractivity contribution is 0.339. The lowest BCUT2D eigenvalue weighted by Gasteiger charge is -2.36. The van der Waals surface area contributed by atoms with Crippen LogP contribution in [0.5, 0.6) is 5.75 Å². The first-order chi connectivity index (χ1) is 15.7. The number of hydrogen-bond acceptors (Lipinski definition) is 3. The molecule has 5 heteroatoms. The highest BCUT2D eigenvalue weighted by Gasteiger charge is 2.41. The number of rotatable bonds is 6. The third kappa shape index (κ3) is 3.24. The predicted molar refractivity (Wildman–Crippen MR) is 128 cm³/mol. The second-order valence-corrected chi connectivity index (χ2v) is 7.84. The summed E-state index contributed by atoms with van der Waals surface area (Å²) in [5, 5.41) is 5.21. The van der Waals surface area contributed by atoms with Gasteiger partial charge in [0.15, 0.2) is 5.15 Å². The fourth-order valence-corrected chi connectivity index (χ4v) is 4.57. The van der Waals surface area contributed by atoms with Crippen LogP contribution in [0.15, 0.2) is 103 Å². The molecular formula is C27H22ClN3O. The normalized spacial score (nSPS) is 11.6. The molecule has 4 nitrogen and oxygen atoms in total. The summed E-state index contributed by atoms with van der Waals surface area (Å²) in [5.41, 5.74) is 3.89. The molecule has 0 saturated heterocycles. The summed E-state index contributed by atoms with van der Waals surface area (Å²) in [6.07, 6.45) is 1.69. The Labute approximate surface area is 192 Å². The van der Waals surface area contributed by atoms with Crippen molar-refractivity contribution in [1.82, 2.24) is 14.8 Å². The van der Waals surface area contributed by atoms with Crippen molar-refractivity contribution in [1.29, 1.82) is 0 Å². The van der Waals surface area contributed by atoms with Crippen molar-refractivity contribution in [2.75, 3.05) is 6.61 Å². The molecule has 2 heterocycles. The van der Waals surface area contributed by atoms with Gasteiger partial charge in [0.25, 0.3) is 0 Å². The van der Waals surface area contributed by atoms with Crippen molar-refractivity contribution in [3.63, 3.8) is 0 Å². The monoisotopic (exact) mass is 439 g/mol. The molecule has 0 amide bonds. The van der Waals surface area contributed by atoms with Crippen LogP contribution < -0.4 is 4.74 Å². The standard InChI is InChI=1S/C27H22ClN3O/c1-2-32-23-18-24-25(29-19-23)26(28)30-31(24)27(20-12-6-3-7-13-20,21-14-8-4-9-15-21)22-16-10-5-11-17-22/h3-19H,2H2,1H3. The minimum atomic E-state index is -0.762. The molecule has 0 unspecified atom stereocenters. The summed E-state index contributed by atoms with van der Waals surface area (Å²) in [4.78, 5) is 4.57. The van der Waals surface area contributed by atoms with E-state index in [1.807, 2.05) is 72.3 Å². The van der Waals surface area contributed by atoms with E-state index in [9.17, 15) is 0 Å². The number of fused-ring (bicyclic) bond motifs is 1. The lowest BCUT2D eigenvalue weighted by atomic mass is 9.77. The van der Waals surface area contributed by atoms with Crippen LogP contribution in [0.25, 0.3) is 11.0 Å². The second kappa shape index (κ2) is 8.48. The Morgan fingerprint density at radius 1 is 0.812 bits per heavy atom. The summed E-state index contributed by atoms with van der Waals surface area (Å²) >= 11 is 6.64. The van der Waals surface area contributed by atoms with Crippen LogP contribution in [0.3, 0.4) is 0 Å². The molecule has 32 heavy (non-hydrogen) atoms. The van der Waals surface area contributed by atoms with Crippen molar-refractivity contribution >= 4 is 22.6 Å². The molecule has 0 aliphatic heterocycles. The quantitative estimate of drug-likeness (QED) is 0.290. The molecule has 0 saturated carbocycles. The van der Waals surface area contributed by atoms with Gasteiger partial charge in [-0.15, -0.1) is 0 Å². The topological polar surface area (TPSA) is 39.9 Å². The lowest BCUT2D eigenvalue weighted by Crippen LogP contribution is -2.38. The summed E-state index contributed by atoms with van der Waals surface area (Å²) in [7, 11) is 0. The molecule has 2 aromatic heterocycles. The fraction of sp³-hybridized carbons (Fsp3) is 0.111. The van der Waals surface area contributed by atoms with Crippen LogP contribution in [0, 0.1) is 0 Å². The van der Waals surface area contributed by atoms with E-state index in [4.69, 9.17) is 21.4 Å². The van der Waals surface area contributed by atoms with Gasteiger partial charge in [0.05, 0.1) is 18.3 Å². The van der Waals surface area contributed by atoms with Crippen LogP contribution in [0.4, 0.5) is 0 Å². The average molecular weight is 440 g/mol. The Hall–Kier alpha value is -3.63. The highest BCUT2D eigenvalue weighted by Crippen LogP contribution is 2.43. The van der Waals surface area contributed by atoms with Gasteiger partial charge in [0.1, 0.15) is 16.8 Å². The van der Waals surface area contributed by atoms with Gasteiger partial charge in [-0.3, -0.25) is 0 Å². The van der Waals surface area contributed by atoms with Crippen molar-refractivity contribution < 1.29 is 4.74 Å². The number of benzene rings is 3. The van der Waals surface area contributed by atoms with E-state index in [1.54, 1.807) is 6.20 Å². The number of nitrogens with zero attached hydrogens (tertiary/aromatic N) is 3. The highest BCUT2D eigenvalue weighted by atomic mass is 35.5. The van der Waals surface area contributed by atoms with E-state index >= 15 is 0 Å². The Balaban J connectivity index is 1.95. The smallest absolute Gasteiger partial charge is 0.177 e. The summed E-state index contributed by atoms with van der Waals surface area (Å²) in [5.74, 6) is 0.681. The first-order valence-electron chi connectivity index (χ1n) is 10.6. The van der Waals surface area contributed by atoms with E-state index in [0.29, 0.717) is 23.0 Å². The zero-order valence-corrected chi connectivity index (χ0v) is 18.4. The highest BCUT2D eigenvalue weighted by molar-refractivity contribution is 6.33. The molecular weight excluding hydrogens is 418 g/mol. The maximum Gasteiger partial charge on any atom is 0.177 e. The number of aromatic nitrogens is 3. The van der Waals surface area contributed by atoms with Gasteiger partial charge in [-0.25, -0.2) is 9.67 Å². The number of pyridine rings is 1. The Morgan fingerprint density at radius 2 is 1.31 bits per heavy atom. The first-order valence-corrected chi connectivity index (χ1v) is 11.0. The molecule has 0 atom stereocenters. The van der Waals surface area contributed by atoms with E-state index in [-0.39, 0.29) is 0 Å². The molecule has 0 spiro atoms. The van der Waals surface area contributed by atoms with Crippen LogP contribution in [-0.4, -0.2) is 21.4 Å². The maximum atomic E-state index is 6.64. The van der Waals surface area contributed by atoms with Crippen LogP contribution in [0.1, 0.15) is 23.6 Å². The molecule has 5 rings (SSSR count). The van der Waals surface area contributed by atoms with Gasteiger partial charge in [0, 0.05) is 6.07 Å². The zero-order chi connectivity index (χ0) is 22.0. The molecule has 0 bridgehead atoms. The van der Waals surface area contributed by atoms with E-state index in [1.165, 1.54) is 0 Å². The molecule has 0 radical (unpaired) electrons. The summed E-state index contributed by atoms with van der Waals surface area (Å²) in [6.45, 7) is 2.51. The molecule has 158 valence electrons. The van der Waals surface area contributed by atoms with Crippen LogP contribution in [0.2, 0.25) is 5.15 Å². The Morgan fingerprint density at radius 3 is 1.78 bits per heavy atom. The molecule has 0 aliphatic carbocycles. The zero-order valence-electron chi connectivity index (χ0n) is 17.6. The number of hydrogen-bond donors (Lipinski definition) is 0. The Bertz CT molecular complexity index is 1240. The SMILES string of the molecule is CCOc1cnc2c(Cl)nn(C(c3ccccc3)(c3ccccc3)c3ccccc3)c2c1. The predicted octanol–water partition coefficient (Wildman–Crippen LogP) is 6.32. The van der Waals surface area contributed by atoms with Gasteiger partial charge < -0.3 is 4.74 Å². The number of ether oxygens (including phenoxy) is 1. The third-order valence-corrected chi connectivity index (χ3v) is 5.91. The minimum Gasteiger partial charge on any atom is -0.492 e. The fourth-order valence-electron chi connectivity index (χ4n) is 4.35. The second-order valence-electron chi connectivity index (χ2n) is 7.48.